The minimum Gasteiger partial charge on any atom is -0.352 e. The molecule has 0 spiro atoms. The molecule has 1 aliphatic rings. The average Bonchev–Trinajstić information content (AvgIpc) is 3.28. The zero-order valence-electron chi connectivity index (χ0n) is 16.1. The Balaban J connectivity index is 1.84. The van der Waals surface area contributed by atoms with Crippen LogP contribution in [-0.2, 0) is 0 Å². The molecule has 4 rings (SSSR count). The van der Waals surface area contributed by atoms with Crippen LogP contribution >= 0.6 is 23.8 Å². The van der Waals surface area contributed by atoms with Gasteiger partial charge in [-0.15, -0.1) is 0 Å². The van der Waals surface area contributed by atoms with E-state index in [-0.39, 0.29) is 18.1 Å². The molecular formula is C22H23ClN4S. The zero-order valence-corrected chi connectivity index (χ0v) is 17.7. The molecule has 6 heteroatoms. The van der Waals surface area contributed by atoms with E-state index in [2.05, 4.69) is 70.1 Å². The summed E-state index contributed by atoms with van der Waals surface area (Å²) in [4.78, 5) is 6.87. The summed E-state index contributed by atoms with van der Waals surface area (Å²) in [7, 11) is 0. The van der Waals surface area contributed by atoms with Crippen molar-refractivity contribution in [2.45, 2.75) is 38.9 Å². The van der Waals surface area contributed by atoms with Crippen molar-refractivity contribution < 1.29 is 0 Å². The second-order valence-electron chi connectivity index (χ2n) is 7.36. The van der Waals surface area contributed by atoms with E-state index in [9.17, 15) is 0 Å². The zero-order chi connectivity index (χ0) is 19.8. The molecule has 2 aromatic heterocycles. The van der Waals surface area contributed by atoms with Crippen molar-refractivity contribution in [3.63, 3.8) is 0 Å². The summed E-state index contributed by atoms with van der Waals surface area (Å²) in [5.41, 5.74) is 4.29. The van der Waals surface area contributed by atoms with Gasteiger partial charge in [-0.3, -0.25) is 4.98 Å². The number of hydrogen-bond donors (Lipinski definition) is 1. The lowest BCUT2D eigenvalue weighted by Crippen LogP contribution is -2.36. The van der Waals surface area contributed by atoms with Gasteiger partial charge in [0.2, 0.25) is 0 Å². The van der Waals surface area contributed by atoms with Crippen LogP contribution in [0.1, 0.15) is 42.9 Å². The van der Waals surface area contributed by atoms with Gasteiger partial charge in [-0.2, -0.15) is 0 Å². The van der Waals surface area contributed by atoms with Gasteiger partial charge in [0.15, 0.2) is 5.11 Å². The SMILES string of the molecule is Cc1cc(-n2cccc2[C@@H]2[C@@H](c3ccccn3)NC(=S)N2C(C)C)ccc1Cl. The molecule has 3 heterocycles. The third-order valence-corrected chi connectivity index (χ3v) is 5.95. The van der Waals surface area contributed by atoms with E-state index in [1.807, 2.05) is 31.3 Å². The van der Waals surface area contributed by atoms with Gasteiger partial charge < -0.3 is 14.8 Å². The molecule has 0 amide bonds. The molecule has 0 aliphatic carbocycles. The minimum atomic E-state index is -0.0156. The van der Waals surface area contributed by atoms with Crippen LogP contribution in [0, 0.1) is 6.92 Å². The standard InChI is InChI=1S/C22H23ClN4S/c1-14(2)27-21(20(25-22(27)28)18-7-4-5-11-24-18)19-8-6-12-26(19)16-9-10-17(23)15(3)13-16/h4-14,20-21H,1-3H3,(H,25,28)/t20-,21-/m1/s1. The summed E-state index contributed by atoms with van der Waals surface area (Å²) >= 11 is 11.9. The predicted octanol–water partition coefficient (Wildman–Crippen LogP) is 5.22. The Morgan fingerprint density at radius 3 is 2.64 bits per heavy atom. The third-order valence-electron chi connectivity index (χ3n) is 5.19. The number of aromatic nitrogens is 2. The number of nitrogens with zero attached hydrogens (tertiary/aromatic N) is 3. The van der Waals surface area contributed by atoms with E-state index in [4.69, 9.17) is 23.8 Å². The van der Waals surface area contributed by atoms with Crippen LogP contribution in [0.4, 0.5) is 0 Å². The Morgan fingerprint density at radius 2 is 1.96 bits per heavy atom. The molecule has 1 aromatic carbocycles. The highest BCUT2D eigenvalue weighted by Crippen LogP contribution is 2.40. The topological polar surface area (TPSA) is 33.1 Å². The van der Waals surface area contributed by atoms with Crippen LogP contribution < -0.4 is 5.32 Å². The van der Waals surface area contributed by atoms with Crippen molar-refractivity contribution in [1.29, 1.82) is 0 Å². The molecule has 2 atom stereocenters. The van der Waals surface area contributed by atoms with Crippen molar-refractivity contribution in [3.05, 3.63) is 82.9 Å². The molecule has 0 saturated carbocycles. The number of pyridine rings is 1. The van der Waals surface area contributed by atoms with E-state index < -0.39 is 0 Å². The fourth-order valence-corrected chi connectivity index (χ4v) is 4.46. The van der Waals surface area contributed by atoms with Gasteiger partial charge >= 0.3 is 0 Å². The number of nitrogens with one attached hydrogen (secondary N) is 1. The molecule has 1 fully saturated rings. The first-order valence-corrected chi connectivity index (χ1v) is 10.2. The molecule has 0 unspecified atom stereocenters. The lowest BCUT2D eigenvalue weighted by atomic mass is 10.0. The van der Waals surface area contributed by atoms with Crippen LogP contribution in [0.25, 0.3) is 5.69 Å². The first-order chi connectivity index (χ1) is 13.5. The molecule has 1 saturated heterocycles. The lowest BCUT2D eigenvalue weighted by molar-refractivity contribution is 0.262. The fraction of sp³-hybridized carbons (Fsp3) is 0.273. The number of benzene rings is 1. The molecule has 4 nitrogen and oxygen atoms in total. The highest BCUT2D eigenvalue weighted by Gasteiger charge is 2.42. The van der Waals surface area contributed by atoms with Crippen LogP contribution in [-0.4, -0.2) is 25.6 Å². The number of rotatable bonds is 4. The van der Waals surface area contributed by atoms with E-state index >= 15 is 0 Å². The largest absolute Gasteiger partial charge is 0.352 e. The summed E-state index contributed by atoms with van der Waals surface area (Å²) in [6.45, 7) is 6.36. The molecule has 0 bridgehead atoms. The average molecular weight is 411 g/mol. The van der Waals surface area contributed by atoms with Gasteiger partial charge in [0.05, 0.1) is 17.8 Å². The van der Waals surface area contributed by atoms with E-state index in [0.29, 0.717) is 0 Å². The maximum Gasteiger partial charge on any atom is 0.170 e. The van der Waals surface area contributed by atoms with Crippen molar-refractivity contribution in [1.82, 2.24) is 19.8 Å². The number of thiocarbonyl (C=S) groups is 1. The van der Waals surface area contributed by atoms with E-state index in [1.54, 1.807) is 0 Å². The number of hydrogen-bond acceptors (Lipinski definition) is 2. The Hall–Kier alpha value is -2.37. The molecule has 3 aromatic rings. The molecule has 0 radical (unpaired) electrons. The highest BCUT2D eigenvalue weighted by molar-refractivity contribution is 7.80. The predicted molar refractivity (Wildman–Crippen MR) is 118 cm³/mol. The van der Waals surface area contributed by atoms with Crippen LogP contribution in [0.15, 0.2) is 60.9 Å². The van der Waals surface area contributed by atoms with Gasteiger partial charge in [-0.05, 0) is 81.0 Å². The quantitative estimate of drug-likeness (QED) is 0.598. The summed E-state index contributed by atoms with van der Waals surface area (Å²) in [5, 5.41) is 5.03. The first kappa shape index (κ1) is 19.0. The first-order valence-electron chi connectivity index (χ1n) is 9.41. The molecule has 28 heavy (non-hydrogen) atoms. The normalized spacial score (nSPS) is 19.3. The van der Waals surface area contributed by atoms with E-state index in [1.165, 1.54) is 5.69 Å². The highest BCUT2D eigenvalue weighted by atomic mass is 35.5. The van der Waals surface area contributed by atoms with Gasteiger partial charge in [0.1, 0.15) is 0 Å². The van der Waals surface area contributed by atoms with Crippen LogP contribution in [0.3, 0.4) is 0 Å². The third kappa shape index (κ3) is 3.29. The van der Waals surface area contributed by atoms with Gasteiger partial charge in [0.25, 0.3) is 0 Å². The summed E-state index contributed by atoms with van der Waals surface area (Å²) in [6.07, 6.45) is 3.92. The summed E-state index contributed by atoms with van der Waals surface area (Å²) in [5.74, 6) is 0. The summed E-state index contributed by atoms with van der Waals surface area (Å²) in [6, 6.07) is 16.6. The number of aryl methyl sites for hydroxylation is 1. The van der Waals surface area contributed by atoms with Gasteiger partial charge in [-0.25, -0.2) is 0 Å². The molecule has 1 aliphatic heterocycles. The fourth-order valence-electron chi connectivity index (χ4n) is 3.89. The molecular weight excluding hydrogens is 388 g/mol. The van der Waals surface area contributed by atoms with Crippen molar-refractivity contribution in [2.24, 2.45) is 0 Å². The molecule has 144 valence electrons. The van der Waals surface area contributed by atoms with Crippen molar-refractivity contribution in [3.8, 4) is 5.69 Å². The second kappa shape index (κ2) is 7.57. The van der Waals surface area contributed by atoms with Crippen molar-refractivity contribution >= 4 is 28.9 Å². The van der Waals surface area contributed by atoms with E-state index in [0.717, 1.165) is 27.1 Å². The Kier molecular flexibility index (Phi) is 5.13. The van der Waals surface area contributed by atoms with Crippen LogP contribution in [0.2, 0.25) is 5.02 Å². The Bertz CT molecular complexity index is 999. The van der Waals surface area contributed by atoms with Crippen molar-refractivity contribution in [2.75, 3.05) is 0 Å². The van der Waals surface area contributed by atoms with Crippen LogP contribution in [0.5, 0.6) is 0 Å². The lowest BCUT2D eigenvalue weighted by Gasteiger charge is -2.31. The van der Waals surface area contributed by atoms with Gasteiger partial charge in [-0.1, -0.05) is 17.7 Å². The second-order valence-corrected chi connectivity index (χ2v) is 8.16. The monoisotopic (exact) mass is 410 g/mol. The number of halogens is 1. The smallest absolute Gasteiger partial charge is 0.170 e. The Labute approximate surface area is 176 Å². The summed E-state index contributed by atoms with van der Waals surface area (Å²) < 4.78 is 2.22. The minimum absolute atomic E-state index is 0.0156. The molecule has 1 N–H and O–H groups in total. The maximum atomic E-state index is 6.24. The maximum absolute atomic E-state index is 6.24. The van der Waals surface area contributed by atoms with Gasteiger partial charge in [0, 0.05) is 34.8 Å². The Morgan fingerprint density at radius 1 is 1.14 bits per heavy atom.